The van der Waals surface area contributed by atoms with Crippen LogP contribution in [0.25, 0.3) is 0 Å². The second-order valence-corrected chi connectivity index (χ2v) is 3.39. The summed E-state index contributed by atoms with van der Waals surface area (Å²) in [4.78, 5) is 15.6. The van der Waals surface area contributed by atoms with Crippen molar-refractivity contribution in [3.63, 3.8) is 0 Å². The lowest BCUT2D eigenvalue weighted by Gasteiger charge is -2.15. The number of hydrogen-bond acceptors (Lipinski definition) is 5. The van der Waals surface area contributed by atoms with E-state index < -0.39 is 0 Å². The van der Waals surface area contributed by atoms with Crippen molar-refractivity contribution in [2.75, 3.05) is 32.7 Å². The van der Waals surface area contributed by atoms with E-state index in [1.165, 1.54) is 4.57 Å². The zero-order chi connectivity index (χ0) is 12.0. The molecule has 1 atom stereocenters. The van der Waals surface area contributed by atoms with Crippen LogP contribution in [0.5, 0.6) is 0 Å². The van der Waals surface area contributed by atoms with Crippen molar-refractivity contribution in [1.29, 1.82) is 0 Å². The fraction of sp³-hybridized carbons (Fsp3) is 0.600. The van der Waals surface area contributed by atoms with Gasteiger partial charge in [0.2, 0.25) is 0 Å². The Morgan fingerprint density at radius 2 is 2.31 bits per heavy atom. The van der Waals surface area contributed by atoms with E-state index in [1.54, 1.807) is 33.7 Å². The molecule has 0 saturated heterocycles. The molecule has 1 aromatic heterocycles. The minimum Gasteiger partial charge on any atom is -0.382 e. The normalized spacial score (nSPS) is 12.4. The molecule has 0 bridgehead atoms. The number of methoxy groups -OCH3 is 2. The number of nitrogens with one attached hydrogen (secondary N) is 1. The molecule has 1 heterocycles. The van der Waals surface area contributed by atoms with Crippen LogP contribution in [0.2, 0.25) is 0 Å². The van der Waals surface area contributed by atoms with Crippen LogP contribution in [0.15, 0.2) is 17.2 Å². The minimum absolute atomic E-state index is 0.100. The van der Waals surface area contributed by atoms with Crippen molar-refractivity contribution in [2.45, 2.75) is 6.10 Å². The minimum atomic E-state index is -0.158. The zero-order valence-electron chi connectivity index (χ0n) is 9.77. The molecule has 6 nitrogen and oxygen atoms in total. The van der Waals surface area contributed by atoms with Crippen LogP contribution < -0.4 is 10.9 Å². The van der Waals surface area contributed by atoms with Gasteiger partial charge < -0.3 is 19.4 Å². The van der Waals surface area contributed by atoms with Crippen molar-refractivity contribution < 1.29 is 9.47 Å². The molecule has 0 radical (unpaired) electrons. The highest BCUT2D eigenvalue weighted by molar-refractivity contribution is 5.30. The van der Waals surface area contributed by atoms with Gasteiger partial charge in [-0.2, -0.15) is 0 Å². The first-order valence-corrected chi connectivity index (χ1v) is 4.96. The number of rotatable bonds is 6. The Labute approximate surface area is 94.2 Å². The standard InChI is InChI=1S/C10H17N3O3/c1-13-5-4-11-9(10(13)14)12-6-8(16-3)7-15-2/h4-5,8H,6-7H2,1-3H3,(H,11,12). The molecule has 0 aliphatic carbocycles. The molecule has 1 unspecified atom stereocenters. The van der Waals surface area contributed by atoms with Crippen LogP contribution >= 0.6 is 0 Å². The number of aryl methyl sites for hydroxylation is 1. The number of ether oxygens (including phenoxy) is 2. The Morgan fingerprint density at radius 3 is 2.94 bits per heavy atom. The molecule has 1 rings (SSSR count). The number of aromatic nitrogens is 2. The molecule has 1 N–H and O–H groups in total. The second kappa shape index (κ2) is 6.24. The smallest absolute Gasteiger partial charge is 0.293 e. The van der Waals surface area contributed by atoms with Gasteiger partial charge in [0.25, 0.3) is 5.56 Å². The maximum atomic E-state index is 11.6. The highest BCUT2D eigenvalue weighted by Crippen LogP contribution is 1.95. The topological polar surface area (TPSA) is 65.4 Å². The summed E-state index contributed by atoms with van der Waals surface area (Å²) in [5, 5.41) is 2.94. The van der Waals surface area contributed by atoms with Gasteiger partial charge in [0, 0.05) is 40.2 Å². The van der Waals surface area contributed by atoms with Crippen molar-refractivity contribution in [3.8, 4) is 0 Å². The molecular formula is C10H17N3O3. The number of nitrogens with zero attached hydrogens (tertiary/aromatic N) is 2. The lowest BCUT2D eigenvalue weighted by molar-refractivity contribution is 0.0365. The number of hydrogen-bond donors (Lipinski definition) is 1. The highest BCUT2D eigenvalue weighted by atomic mass is 16.5. The monoisotopic (exact) mass is 227 g/mol. The summed E-state index contributed by atoms with van der Waals surface area (Å²) in [5.41, 5.74) is -0.158. The van der Waals surface area contributed by atoms with Gasteiger partial charge in [-0.3, -0.25) is 4.79 Å². The maximum absolute atomic E-state index is 11.6. The first-order chi connectivity index (χ1) is 7.69. The van der Waals surface area contributed by atoms with E-state index in [0.717, 1.165) is 0 Å². The average Bonchev–Trinajstić information content (AvgIpc) is 2.29. The Bertz CT molecular complexity index is 378. The molecule has 0 aliphatic rings. The molecule has 0 amide bonds. The molecule has 6 heteroatoms. The molecule has 0 aromatic carbocycles. The lowest BCUT2D eigenvalue weighted by Crippen LogP contribution is -2.30. The van der Waals surface area contributed by atoms with Crippen molar-refractivity contribution >= 4 is 5.82 Å². The van der Waals surface area contributed by atoms with E-state index in [1.807, 2.05) is 0 Å². The third-order valence-electron chi connectivity index (χ3n) is 2.20. The van der Waals surface area contributed by atoms with Gasteiger partial charge in [-0.25, -0.2) is 4.98 Å². The summed E-state index contributed by atoms with van der Waals surface area (Å²) in [6.45, 7) is 0.952. The fourth-order valence-corrected chi connectivity index (χ4v) is 1.23. The van der Waals surface area contributed by atoms with Crippen LogP contribution in [0, 0.1) is 0 Å². The van der Waals surface area contributed by atoms with Crippen molar-refractivity contribution in [1.82, 2.24) is 9.55 Å². The molecule has 1 aromatic rings. The van der Waals surface area contributed by atoms with E-state index >= 15 is 0 Å². The van der Waals surface area contributed by atoms with Gasteiger partial charge in [-0.1, -0.05) is 0 Å². The molecule has 0 saturated carbocycles. The molecular weight excluding hydrogens is 210 g/mol. The van der Waals surface area contributed by atoms with Crippen molar-refractivity contribution in [2.24, 2.45) is 7.05 Å². The van der Waals surface area contributed by atoms with E-state index in [-0.39, 0.29) is 11.7 Å². The summed E-state index contributed by atoms with van der Waals surface area (Å²) in [7, 11) is 4.88. The van der Waals surface area contributed by atoms with Crippen LogP contribution in [-0.4, -0.2) is 43.0 Å². The molecule has 16 heavy (non-hydrogen) atoms. The Balaban J connectivity index is 2.60. The zero-order valence-corrected chi connectivity index (χ0v) is 9.77. The van der Waals surface area contributed by atoms with Crippen molar-refractivity contribution in [3.05, 3.63) is 22.7 Å². The van der Waals surface area contributed by atoms with Crippen LogP contribution in [0.3, 0.4) is 0 Å². The van der Waals surface area contributed by atoms with Gasteiger partial charge in [0.15, 0.2) is 5.82 Å². The van der Waals surface area contributed by atoms with E-state index in [9.17, 15) is 4.79 Å². The van der Waals surface area contributed by atoms with Gasteiger partial charge in [-0.15, -0.1) is 0 Å². The fourth-order valence-electron chi connectivity index (χ4n) is 1.23. The molecule has 0 aliphatic heterocycles. The van der Waals surface area contributed by atoms with Crippen LogP contribution in [0.4, 0.5) is 5.82 Å². The van der Waals surface area contributed by atoms with E-state index in [2.05, 4.69) is 10.3 Å². The summed E-state index contributed by atoms with van der Waals surface area (Å²) in [5.74, 6) is 0.322. The van der Waals surface area contributed by atoms with E-state index in [4.69, 9.17) is 9.47 Å². The first-order valence-electron chi connectivity index (χ1n) is 4.96. The number of anilines is 1. The molecule has 0 spiro atoms. The van der Waals surface area contributed by atoms with Crippen LogP contribution in [0.1, 0.15) is 0 Å². The largest absolute Gasteiger partial charge is 0.382 e. The van der Waals surface area contributed by atoms with E-state index in [0.29, 0.717) is 19.0 Å². The Kier molecular flexibility index (Phi) is 4.94. The Morgan fingerprint density at radius 1 is 1.56 bits per heavy atom. The predicted octanol–water partition coefficient (Wildman–Crippen LogP) is -0.146. The average molecular weight is 227 g/mol. The lowest BCUT2D eigenvalue weighted by atomic mass is 10.3. The summed E-state index contributed by atoms with van der Waals surface area (Å²) < 4.78 is 11.6. The first kappa shape index (κ1) is 12.7. The van der Waals surface area contributed by atoms with Gasteiger partial charge in [0.1, 0.15) is 0 Å². The van der Waals surface area contributed by atoms with Gasteiger partial charge in [0.05, 0.1) is 12.7 Å². The molecule has 90 valence electrons. The second-order valence-electron chi connectivity index (χ2n) is 3.39. The van der Waals surface area contributed by atoms with Gasteiger partial charge >= 0.3 is 0 Å². The highest BCUT2D eigenvalue weighted by Gasteiger charge is 2.08. The quantitative estimate of drug-likeness (QED) is 0.732. The Hall–Kier alpha value is -1.40. The van der Waals surface area contributed by atoms with Gasteiger partial charge in [-0.05, 0) is 0 Å². The maximum Gasteiger partial charge on any atom is 0.293 e. The summed E-state index contributed by atoms with van der Waals surface area (Å²) in [6.07, 6.45) is 3.08. The van der Waals surface area contributed by atoms with Crippen LogP contribution in [-0.2, 0) is 16.5 Å². The summed E-state index contributed by atoms with van der Waals surface area (Å²) >= 11 is 0. The molecule has 0 fully saturated rings. The summed E-state index contributed by atoms with van der Waals surface area (Å²) in [6, 6.07) is 0. The predicted molar refractivity (Wildman–Crippen MR) is 60.6 cm³/mol. The SMILES string of the molecule is COCC(CNc1nccn(C)c1=O)OC. The third-order valence-corrected chi connectivity index (χ3v) is 2.20. The third kappa shape index (κ3) is 3.32.